The Bertz CT molecular complexity index is 1930. The normalized spacial score (nSPS) is 11.3. The summed E-state index contributed by atoms with van der Waals surface area (Å²) >= 11 is 0. The van der Waals surface area contributed by atoms with E-state index in [2.05, 4.69) is 4.98 Å². The number of fused-ring (bicyclic) bond motifs is 4. The molecule has 0 fully saturated rings. The van der Waals surface area contributed by atoms with Crippen molar-refractivity contribution in [2.75, 3.05) is 0 Å². The predicted molar refractivity (Wildman–Crippen MR) is 121 cm³/mol. The van der Waals surface area contributed by atoms with E-state index in [0.29, 0.717) is 10.9 Å². The minimum absolute atomic E-state index is 0.0650. The van der Waals surface area contributed by atoms with Gasteiger partial charge in [-0.15, -0.1) is 0 Å². The summed E-state index contributed by atoms with van der Waals surface area (Å²) in [5.74, 6) is 0. The number of halogens is 3. The molecule has 5 rings (SSSR count). The van der Waals surface area contributed by atoms with E-state index in [1.54, 1.807) is 30.3 Å². The molecular weight excluding hydrogens is 455 g/mol. The molecule has 5 aromatic rings. The number of nitrogens with zero attached hydrogens (tertiary/aromatic N) is 5. The number of rotatable bonds is 1. The van der Waals surface area contributed by atoms with Gasteiger partial charge in [-0.2, -0.15) is 29.0 Å². The first-order valence-corrected chi connectivity index (χ1v) is 10.1. The molecule has 9 heteroatoms. The molecule has 0 aliphatic carbocycles. The molecule has 166 valence electrons. The second-order valence-corrected chi connectivity index (χ2v) is 7.67. The van der Waals surface area contributed by atoms with Crippen molar-refractivity contribution in [3.05, 3.63) is 87.4 Å². The van der Waals surface area contributed by atoms with Gasteiger partial charge in [-0.25, -0.2) is 4.98 Å². The fourth-order valence-corrected chi connectivity index (χ4v) is 4.23. The number of aromatic nitrogens is 2. The van der Waals surface area contributed by atoms with Crippen molar-refractivity contribution in [1.29, 1.82) is 15.8 Å². The van der Waals surface area contributed by atoms with E-state index in [0.717, 1.165) is 6.07 Å². The summed E-state index contributed by atoms with van der Waals surface area (Å²) in [6, 6.07) is 19.5. The lowest BCUT2D eigenvalue weighted by Gasteiger charge is -2.14. The predicted octanol–water partition coefficient (Wildman–Crippen LogP) is 4.48. The third-order valence-electron chi connectivity index (χ3n) is 5.74. The average Bonchev–Trinajstić information content (AvgIpc) is 3.18. The fraction of sp³-hybridized carbons (Fsp3) is 0.0385. The average molecular weight is 465 g/mol. The standard InChI is InChI=1S/C26H10F3N5O/c27-26(28,29)20-9-14(11-30)5-7-17(20)15-6-8-21-19(10-15)25(35)34-22-4-2-1-3-18(22)23(24(34)33-21)16(12-31)13-32/h1-10H. The van der Waals surface area contributed by atoms with Gasteiger partial charge in [0.2, 0.25) is 0 Å². The van der Waals surface area contributed by atoms with Crippen LogP contribution in [0, 0.1) is 34.0 Å². The molecule has 0 spiro atoms. The lowest BCUT2D eigenvalue weighted by atomic mass is 9.96. The number of nitriles is 3. The zero-order chi connectivity index (χ0) is 24.9. The SMILES string of the molecule is N#CC(C#N)=c1c2ccccc2n2c(=O)c3cc(-c4ccc(C#N)cc4C(F)(F)F)ccc3nc12. The van der Waals surface area contributed by atoms with Crippen molar-refractivity contribution < 1.29 is 13.2 Å². The van der Waals surface area contributed by atoms with E-state index >= 15 is 0 Å². The Morgan fingerprint density at radius 2 is 1.66 bits per heavy atom. The van der Waals surface area contributed by atoms with Crippen LogP contribution < -0.4 is 10.8 Å². The van der Waals surface area contributed by atoms with Gasteiger partial charge in [0.05, 0.1) is 38.8 Å². The maximum atomic E-state index is 13.7. The Balaban J connectivity index is 1.91. The first-order chi connectivity index (χ1) is 16.8. The van der Waals surface area contributed by atoms with Crippen molar-refractivity contribution in [2.45, 2.75) is 6.18 Å². The Labute approximate surface area is 194 Å². The molecule has 0 bridgehead atoms. The topological polar surface area (TPSA) is 106 Å². The summed E-state index contributed by atoms with van der Waals surface area (Å²) < 4.78 is 42.4. The second kappa shape index (κ2) is 7.69. The summed E-state index contributed by atoms with van der Waals surface area (Å²) in [4.78, 5) is 18.1. The van der Waals surface area contributed by atoms with Crippen molar-refractivity contribution in [1.82, 2.24) is 9.38 Å². The highest BCUT2D eigenvalue weighted by Crippen LogP contribution is 2.38. The Morgan fingerprint density at radius 1 is 0.914 bits per heavy atom. The van der Waals surface area contributed by atoms with Crippen LogP contribution in [0.25, 0.3) is 44.2 Å². The van der Waals surface area contributed by atoms with E-state index in [9.17, 15) is 28.5 Å². The fourth-order valence-electron chi connectivity index (χ4n) is 4.23. The molecule has 0 radical (unpaired) electrons. The molecule has 0 aliphatic heterocycles. The van der Waals surface area contributed by atoms with E-state index in [1.165, 1.54) is 34.7 Å². The minimum atomic E-state index is -4.72. The van der Waals surface area contributed by atoms with E-state index < -0.39 is 17.3 Å². The molecule has 0 N–H and O–H groups in total. The van der Waals surface area contributed by atoms with Gasteiger partial charge in [0.15, 0.2) is 5.65 Å². The molecule has 0 aliphatic rings. The number of benzene rings is 3. The molecule has 3 aromatic carbocycles. The molecule has 6 nitrogen and oxygen atoms in total. The lowest BCUT2D eigenvalue weighted by Crippen LogP contribution is -2.17. The van der Waals surface area contributed by atoms with Crippen LogP contribution in [0.4, 0.5) is 13.2 Å². The molecule has 0 amide bonds. The highest BCUT2D eigenvalue weighted by molar-refractivity contribution is 5.96. The van der Waals surface area contributed by atoms with Gasteiger partial charge >= 0.3 is 6.18 Å². The van der Waals surface area contributed by atoms with Gasteiger partial charge in [-0.3, -0.25) is 9.20 Å². The van der Waals surface area contributed by atoms with Crippen LogP contribution in [0.1, 0.15) is 11.1 Å². The van der Waals surface area contributed by atoms with Gasteiger partial charge in [0, 0.05) is 5.39 Å². The molecule has 0 atom stereocenters. The van der Waals surface area contributed by atoms with Crippen LogP contribution in [0.15, 0.2) is 65.5 Å². The van der Waals surface area contributed by atoms with Gasteiger partial charge < -0.3 is 0 Å². The van der Waals surface area contributed by atoms with Crippen molar-refractivity contribution in [3.63, 3.8) is 0 Å². The van der Waals surface area contributed by atoms with Crippen LogP contribution >= 0.6 is 0 Å². The van der Waals surface area contributed by atoms with Crippen LogP contribution in [0.5, 0.6) is 0 Å². The quantitative estimate of drug-likeness (QED) is 0.363. The number of alkyl halides is 3. The third-order valence-corrected chi connectivity index (χ3v) is 5.74. The molecule has 35 heavy (non-hydrogen) atoms. The zero-order valence-corrected chi connectivity index (χ0v) is 17.6. The number of hydrogen-bond acceptors (Lipinski definition) is 5. The number of para-hydroxylation sites is 1. The van der Waals surface area contributed by atoms with Crippen molar-refractivity contribution in [3.8, 4) is 29.3 Å². The molecule has 0 saturated heterocycles. The summed E-state index contributed by atoms with van der Waals surface area (Å²) in [6.45, 7) is 0. The smallest absolute Gasteiger partial charge is 0.268 e. The minimum Gasteiger partial charge on any atom is -0.268 e. The van der Waals surface area contributed by atoms with Gasteiger partial charge in [0.25, 0.3) is 5.56 Å². The van der Waals surface area contributed by atoms with Gasteiger partial charge in [-0.1, -0.05) is 30.3 Å². The maximum Gasteiger partial charge on any atom is 0.417 e. The molecule has 0 unspecified atom stereocenters. The summed E-state index contributed by atoms with van der Waals surface area (Å²) in [7, 11) is 0. The van der Waals surface area contributed by atoms with E-state index in [4.69, 9.17) is 5.26 Å². The lowest BCUT2D eigenvalue weighted by molar-refractivity contribution is -0.137. The molecule has 2 heterocycles. The first-order valence-electron chi connectivity index (χ1n) is 10.1. The largest absolute Gasteiger partial charge is 0.417 e. The molecule has 2 aromatic heterocycles. The highest BCUT2D eigenvalue weighted by Gasteiger charge is 2.34. The van der Waals surface area contributed by atoms with Gasteiger partial charge in [-0.05, 0) is 41.5 Å². The molecular formula is C26H10F3N5O. The van der Waals surface area contributed by atoms with Crippen molar-refractivity contribution >= 4 is 33.0 Å². The Kier molecular flexibility index (Phi) is 4.75. The monoisotopic (exact) mass is 465 g/mol. The number of hydrogen-bond donors (Lipinski definition) is 0. The maximum absolute atomic E-state index is 13.7. The van der Waals surface area contributed by atoms with Crippen LogP contribution in [-0.2, 0) is 6.18 Å². The summed E-state index contributed by atoms with van der Waals surface area (Å²) in [6.07, 6.45) is -4.72. The highest BCUT2D eigenvalue weighted by atomic mass is 19.4. The zero-order valence-electron chi connectivity index (χ0n) is 17.6. The molecule has 0 saturated carbocycles. The van der Waals surface area contributed by atoms with E-state index in [1.807, 2.05) is 12.1 Å². The third kappa shape index (κ3) is 3.25. The van der Waals surface area contributed by atoms with Gasteiger partial charge in [0.1, 0.15) is 17.7 Å². The first kappa shape index (κ1) is 21.6. The van der Waals surface area contributed by atoms with Crippen LogP contribution in [0.3, 0.4) is 0 Å². The van der Waals surface area contributed by atoms with Crippen molar-refractivity contribution in [2.24, 2.45) is 0 Å². The second-order valence-electron chi connectivity index (χ2n) is 7.67. The van der Waals surface area contributed by atoms with E-state index in [-0.39, 0.29) is 44.0 Å². The van der Waals surface area contributed by atoms with Crippen LogP contribution in [0.2, 0.25) is 0 Å². The van der Waals surface area contributed by atoms with Crippen LogP contribution in [-0.4, -0.2) is 9.38 Å². The Hall–Kier alpha value is -5.20. The summed E-state index contributed by atoms with van der Waals surface area (Å²) in [5, 5.41) is 28.7. The summed E-state index contributed by atoms with van der Waals surface area (Å²) in [5.41, 5.74) is -1.20. The Morgan fingerprint density at radius 3 is 2.34 bits per heavy atom.